The smallest absolute Gasteiger partial charge is 0.222 e. The number of nitrogens with zero attached hydrogens (tertiary/aromatic N) is 1. The second-order valence-electron chi connectivity index (χ2n) is 7.88. The zero-order valence-electron chi connectivity index (χ0n) is 18.5. The van der Waals surface area contributed by atoms with Crippen molar-refractivity contribution in [3.8, 4) is 0 Å². The molecule has 0 saturated carbocycles. The molecule has 7 nitrogen and oxygen atoms in total. The van der Waals surface area contributed by atoms with Crippen LogP contribution in [0.4, 0.5) is 0 Å². The molecule has 4 aromatic rings. The maximum Gasteiger partial charge on any atom is 0.226 e. The van der Waals surface area contributed by atoms with Gasteiger partial charge in [-0.1, -0.05) is 89.7 Å². The van der Waals surface area contributed by atoms with Crippen LogP contribution in [0.25, 0.3) is 0 Å². The monoisotopic (exact) mass is 547 g/mol. The topological polar surface area (TPSA) is 115 Å². The lowest BCUT2D eigenvalue weighted by Crippen LogP contribution is -2.11. The molecule has 11 heteroatoms. The van der Waals surface area contributed by atoms with Crippen LogP contribution < -0.4 is 0 Å². The molecule has 0 amide bonds. The normalized spacial score (nSPS) is 12.5. The van der Waals surface area contributed by atoms with Crippen molar-refractivity contribution >= 4 is 40.8 Å². The molecule has 0 saturated heterocycles. The quantitative estimate of drug-likeness (QED) is 0.324. The van der Waals surface area contributed by atoms with Gasteiger partial charge in [0.1, 0.15) is 0 Å². The summed E-state index contributed by atoms with van der Waals surface area (Å²) in [5, 5.41) is -0.770. The summed E-state index contributed by atoms with van der Waals surface area (Å²) in [6.45, 7) is 1.78. The first-order chi connectivity index (χ1) is 16.5. The largest absolute Gasteiger partial charge is 0.226 e. The Balaban J connectivity index is 1.87. The second-order valence-corrected chi connectivity index (χ2v) is 15.1. The fourth-order valence-electron chi connectivity index (χ4n) is 3.32. The van der Waals surface area contributed by atoms with Crippen molar-refractivity contribution in [2.24, 2.45) is 0 Å². The molecule has 0 atom stereocenters. The second kappa shape index (κ2) is 9.65. The number of benzene rings is 3. The average Bonchev–Trinajstić information content (AvgIpc) is 3.29. The van der Waals surface area contributed by atoms with E-state index >= 15 is 0 Å². The van der Waals surface area contributed by atoms with Gasteiger partial charge in [0.15, 0.2) is 19.1 Å². The zero-order chi connectivity index (χ0) is 25.3. The fraction of sp³-hybridized carbons (Fsp3) is 0.125. The number of aryl methyl sites for hydroxylation is 1. The number of thiazole rings is 1. The molecule has 0 N–H and O–H groups in total. The van der Waals surface area contributed by atoms with Gasteiger partial charge in [0.25, 0.3) is 0 Å². The maximum atomic E-state index is 13.4. The third kappa shape index (κ3) is 5.53. The van der Waals surface area contributed by atoms with Gasteiger partial charge in [0.05, 0.1) is 16.4 Å². The van der Waals surface area contributed by atoms with Gasteiger partial charge in [-0.3, -0.25) is 0 Å². The van der Waals surface area contributed by atoms with E-state index in [1.807, 2.05) is 0 Å². The van der Waals surface area contributed by atoms with E-state index in [1.54, 1.807) is 79.7 Å². The van der Waals surface area contributed by atoms with E-state index in [1.165, 1.54) is 12.1 Å². The van der Waals surface area contributed by atoms with Gasteiger partial charge < -0.3 is 0 Å². The lowest BCUT2D eigenvalue weighted by Gasteiger charge is -2.06. The Morgan fingerprint density at radius 1 is 0.657 bits per heavy atom. The Hall–Kier alpha value is -2.86. The standard InChI is InChI=1S/C24H21NO6S4/c1-18-12-14-21(15-13-18)35(30,31)22-23(33(26,27)16-19-8-4-2-5-9-19)32-24(25-22)34(28,29)17-20-10-6-3-7-11-20/h2-15H,16-17H2,1H3. The average molecular weight is 548 g/mol. The molecule has 0 spiro atoms. The Kier molecular flexibility index (Phi) is 6.96. The van der Waals surface area contributed by atoms with Crippen LogP contribution >= 0.6 is 11.3 Å². The Morgan fingerprint density at radius 3 is 1.66 bits per heavy atom. The molecule has 0 aliphatic rings. The van der Waals surface area contributed by atoms with E-state index in [2.05, 4.69) is 4.98 Å². The third-order valence-electron chi connectivity index (χ3n) is 5.08. The van der Waals surface area contributed by atoms with Gasteiger partial charge in [-0.05, 0) is 30.2 Å². The molecular weight excluding hydrogens is 527 g/mol. The highest BCUT2D eigenvalue weighted by molar-refractivity contribution is 7.97. The Labute approximate surface area is 208 Å². The van der Waals surface area contributed by atoms with Crippen LogP contribution in [-0.2, 0) is 41.0 Å². The summed E-state index contributed by atoms with van der Waals surface area (Å²) in [6.07, 6.45) is 0. The summed E-state index contributed by atoms with van der Waals surface area (Å²) in [4.78, 5) is 3.75. The molecule has 0 bridgehead atoms. The highest BCUT2D eigenvalue weighted by Crippen LogP contribution is 2.36. The van der Waals surface area contributed by atoms with Crippen molar-refractivity contribution in [3.05, 3.63) is 102 Å². The molecule has 1 heterocycles. The zero-order valence-corrected chi connectivity index (χ0v) is 21.8. The van der Waals surface area contributed by atoms with Crippen molar-refractivity contribution in [1.82, 2.24) is 4.98 Å². The van der Waals surface area contributed by atoms with Gasteiger partial charge in [-0.2, -0.15) is 0 Å². The summed E-state index contributed by atoms with van der Waals surface area (Å²) in [6, 6.07) is 22.4. The molecule has 0 radical (unpaired) electrons. The number of sulfone groups is 3. The van der Waals surface area contributed by atoms with E-state index in [0.717, 1.165) is 5.56 Å². The molecule has 1 aromatic heterocycles. The molecule has 3 aromatic carbocycles. The van der Waals surface area contributed by atoms with Crippen molar-refractivity contribution in [3.63, 3.8) is 0 Å². The summed E-state index contributed by atoms with van der Waals surface area (Å²) < 4.78 is 78.7. The van der Waals surface area contributed by atoms with E-state index < -0.39 is 54.6 Å². The summed E-state index contributed by atoms with van der Waals surface area (Å²) in [5.74, 6) is -0.936. The minimum Gasteiger partial charge on any atom is -0.222 e. The summed E-state index contributed by atoms with van der Waals surface area (Å²) in [5.41, 5.74) is 1.72. The lowest BCUT2D eigenvalue weighted by molar-refractivity contribution is 0.579. The van der Waals surface area contributed by atoms with Gasteiger partial charge in [-0.25, -0.2) is 30.2 Å². The third-order valence-corrected chi connectivity index (χ3v) is 12.5. The molecule has 0 unspecified atom stereocenters. The minimum absolute atomic E-state index is 0.170. The Bertz CT molecular complexity index is 1660. The van der Waals surface area contributed by atoms with E-state index in [0.29, 0.717) is 22.5 Å². The van der Waals surface area contributed by atoms with Crippen LogP contribution in [-0.4, -0.2) is 30.2 Å². The first kappa shape index (κ1) is 25.2. The van der Waals surface area contributed by atoms with Gasteiger partial charge in [0, 0.05) is 0 Å². The van der Waals surface area contributed by atoms with Crippen LogP contribution in [0.1, 0.15) is 16.7 Å². The van der Waals surface area contributed by atoms with E-state index in [-0.39, 0.29) is 4.90 Å². The summed E-state index contributed by atoms with van der Waals surface area (Å²) >= 11 is 0.370. The predicted octanol–water partition coefficient (Wildman–Crippen LogP) is 4.23. The molecular formula is C24H21NO6S4. The van der Waals surface area contributed by atoms with E-state index in [9.17, 15) is 25.3 Å². The van der Waals surface area contributed by atoms with Gasteiger partial charge in [-0.15, -0.1) is 0 Å². The van der Waals surface area contributed by atoms with Crippen LogP contribution in [0.3, 0.4) is 0 Å². The fourth-order valence-corrected chi connectivity index (χ4v) is 10.2. The molecule has 35 heavy (non-hydrogen) atoms. The highest BCUT2D eigenvalue weighted by atomic mass is 32.3. The van der Waals surface area contributed by atoms with Crippen molar-refractivity contribution in [2.45, 2.75) is 36.9 Å². The molecule has 0 fully saturated rings. The SMILES string of the molecule is Cc1ccc(S(=O)(=O)c2nc(S(=O)(=O)Cc3ccccc3)sc2S(=O)(=O)Cc2ccccc2)cc1. The number of rotatable bonds is 8. The molecule has 0 aliphatic heterocycles. The van der Waals surface area contributed by atoms with Crippen molar-refractivity contribution in [2.75, 3.05) is 0 Å². The van der Waals surface area contributed by atoms with Crippen molar-refractivity contribution in [1.29, 1.82) is 0 Å². The Morgan fingerprint density at radius 2 is 1.14 bits per heavy atom. The van der Waals surface area contributed by atoms with Gasteiger partial charge >= 0.3 is 0 Å². The van der Waals surface area contributed by atoms with Gasteiger partial charge in [0.2, 0.25) is 24.0 Å². The van der Waals surface area contributed by atoms with Crippen molar-refractivity contribution < 1.29 is 25.3 Å². The minimum atomic E-state index is -4.42. The predicted molar refractivity (Wildman–Crippen MR) is 133 cm³/mol. The number of hydrogen-bond acceptors (Lipinski definition) is 8. The number of aromatic nitrogens is 1. The molecule has 182 valence electrons. The first-order valence-corrected chi connectivity index (χ1v) is 16.0. The van der Waals surface area contributed by atoms with Crippen LogP contribution in [0.5, 0.6) is 0 Å². The maximum absolute atomic E-state index is 13.4. The van der Waals surface area contributed by atoms with Crippen LogP contribution in [0.15, 0.2) is 103 Å². The number of hydrogen-bond donors (Lipinski definition) is 0. The summed E-state index contributed by atoms with van der Waals surface area (Å²) in [7, 11) is -12.8. The van der Waals surface area contributed by atoms with E-state index in [4.69, 9.17) is 0 Å². The lowest BCUT2D eigenvalue weighted by atomic mass is 10.2. The first-order valence-electron chi connectivity index (χ1n) is 10.3. The highest BCUT2D eigenvalue weighted by Gasteiger charge is 2.36. The van der Waals surface area contributed by atoms with Crippen LogP contribution in [0.2, 0.25) is 0 Å². The molecule has 4 rings (SSSR count). The van der Waals surface area contributed by atoms with Crippen LogP contribution in [0, 0.1) is 6.92 Å². The molecule has 0 aliphatic carbocycles.